The van der Waals surface area contributed by atoms with Gasteiger partial charge >= 0.3 is 0 Å². The third kappa shape index (κ3) is 5.35. The quantitative estimate of drug-likeness (QED) is 0.619. The molecule has 0 atom stereocenters. The van der Waals surface area contributed by atoms with E-state index in [1.165, 1.54) is 16.4 Å². The molecule has 0 aliphatic heterocycles. The zero-order valence-corrected chi connectivity index (χ0v) is 15.6. The Morgan fingerprint density at radius 2 is 1.65 bits per heavy atom. The Hall–Kier alpha value is -0.820. The molecule has 0 aliphatic rings. The molecular formula is C15H22Cl2N2O3S. The smallest absolute Gasteiger partial charge is 0.244 e. The minimum atomic E-state index is -3.73. The van der Waals surface area contributed by atoms with Gasteiger partial charge in [-0.05, 0) is 25.0 Å². The summed E-state index contributed by atoms with van der Waals surface area (Å²) in [5, 5.41) is 2.56. The van der Waals surface area contributed by atoms with Crippen LogP contribution in [0.1, 0.15) is 39.5 Å². The number of hydrogen-bond acceptors (Lipinski definition) is 3. The predicted octanol–water partition coefficient (Wildman–Crippen LogP) is 4.15. The molecule has 1 amide bonds. The fourth-order valence-electron chi connectivity index (χ4n) is 2.06. The van der Waals surface area contributed by atoms with E-state index in [2.05, 4.69) is 5.32 Å². The monoisotopic (exact) mass is 380 g/mol. The van der Waals surface area contributed by atoms with E-state index in [-0.39, 0.29) is 20.6 Å². The van der Waals surface area contributed by atoms with Crippen LogP contribution >= 0.6 is 23.2 Å². The number of benzene rings is 1. The molecule has 130 valence electrons. The van der Waals surface area contributed by atoms with Crippen LogP contribution < -0.4 is 5.32 Å². The van der Waals surface area contributed by atoms with Crippen LogP contribution in [0.5, 0.6) is 0 Å². The molecular weight excluding hydrogens is 359 g/mol. The molecule has 0 aliphatic carbocycles. The van der Waals surface area contributed by atoms with E-state index in [1.807, 2.05) is 13.8 Å². The van der Waals surface area contributed by atoms with Gasteiger partial charge in [-0.15, -0.1) is 0 Å². The van der Waals surface area contributed by atoms with Crippen molar-refractivity contribution in [3.05, 3.63) is 22.2 Å². The number of carbonyl (C=O) groups excluding carboxylic acids is 1. The van der Waals surface area contributed by atoms with Crippen LogP contribution in [0.3, 0.4) is 0 Å². The fourth-order valence-corrected chi connectivity index (χ4v) is 4.39. The first kappa shape index (κ1) is 20.2. The maximum absolute atomic E-state index is 12.9. The van der Waals surface area contributed by atoms with Crippen LogP contribution in [0.25, 0.3) is 0 Å². The van der Waals surface area contributed by atoms with Crippen molar-refractivity contribution in [1.82, 2.24) is 4.31 Å². The molecule has 1 aromatic rings. The average Bonchev–Trinajstić information content (AvgIpc) is 2.50. The summed E-state index contributed by atoms with van der Waals surface area (Å²) in [4.78, 5) is 10.5. The Labute approximate surface area is 148 Å². The number of hydrogen-bond donors (Lipinski definition) is 1. The van der Waals surface area contributed by atoms with Crippen molar-refractivity contribution in [3.8, 4) is 0 Å². The molecule has 23 heavy (non-hydrogen) atoms. The molecule has 0 spiro atoms. The zero-order valence-electron chi connectivity index (χ0n) is 13.3. The third-order valence-electron chi connectivity index (χ3n) is 3.38. The molecule has 1 aromatic carbocycles. The lowest BCUT2D eigenvalue weighted by Crippen LogP contribution is -2.33. The first-order valence-corrected chi connectivity index (χ1v) is 9.77. The topological polar surface area (TPSA) is 66.5 Å². The SMILES string of the molecule is CCCCN(CCCC)S(=O)(=O)c1cc(Cl)c(NC=O)cc1Cl. The molecule has 0 saturated heterocycles. The highest BCUT2D eigenvalue weighted by molar-refractivity contribution is 7.89. The second-order valence-corrected chi connectivity index (χ2v) is 7.86. The van der Waals surface area contributed by atoms with Crippen molar-refractivity contribution in [2.75, 3.05) is 18.4 Å². The predicted molar refractivity (Wildman–Crippen MR) is 94.7 cm³/mol. The number of halogens is 2. The van der Waals surface area contributed by atoms with Crippen LogP contribution in [0.4, 0.5) is 5.69 Å². The number of unbranched alkanes of at least 4 members (excludes halogenated alkanes) is 2. The van der Waals surface area contributed by atoms with Gasteiger partial charge in [0.25, 0.3) is 0 Å². The second-order valence-electron chi connectivity index (χ2n) is 5.14. The van der Waals surface area contributed by atoms with Gasteiger partial charge in [0.2, 0.25) is 16.4 Å². The van der Waals surface area contributed by atoms with Gasteiger partial charge in [0.1, 0.15) is 4.90 Å². The van der Waals surface area contributed by atoms with Crippen LogP contribution in [-0.2, 0) is 14.8 Å². The van der Waals surface area contributed by atoms with Gasteiger partial charge in [0, 0.05) is 13.1 Å². The van der Waals surface area contributed by atoms with Crippen LogP contribution in [0.15, 0.2) is 17.0 Å². The Morgan fingerprint density at radius 1 is 1.09 bits per heavy atom. The van der Waals surface area contributed by atoms with Crippen molar-refractivity contribution in [2.24, 2.45) is 0 Å². The van der Waals surface area contributed by atoms with E-state index < -0.39 is 10.0 Å². The number of anilines is 1. The van der Waals surface area contributed by atoms with E-state index in [1.54, 1.807) is 0 Å². The molecule has 8 heteroatoms. The largest absolute Gasteiger partial charge is 0.327 e. The van der Waals surface area contributed by atoms with Crippen LogP contribution in [-0.4, -0.2) is 32.2 Å². The number of nitrogens with zero attached hydrogens (tertiary/aromatic N) is 1. The Balaban J connectivity index is 3.22. The van der Waals surface area contributed by atoms with Crippen LogP contribution in [0, 0.1) is 0 Å². The van der Waals surface area contributed by atoms with Gasteiger partial charge in [-0.1, -0.05) is 49.9 Å². The molecule has 5 nitrogen and oxygen atoms in total. The number of sulfonamides is 1. The van der Waals surface area contributed by atoms with E-state index in [4.69, 9.17) is 23.2 Å². The van der Waals surface area contributed by atoms with Crippen molar-refractivity contribution in [3.63, 3.8) is 0 Å². The van der Waals surface area contributed by atoms with E-state index >= 15 is 0 Å². The molecule has 0 unspecified atom stereocenters. The molecule has 1 rings (SSSR count). The first-order chi connectivity index (χ1) is 10.9. The summed E-state index contributed by atoms with van der Waals surface area (Å²) < 4.78 is 27.2. The molecule has 0 fully saturated rings. The summed E-state index contributed by atoms with van der Waals surface area (Å²) in [6, 6.07) is 2.64. The van der Waals surface area contributed by atoms with Gasteiger partial charge in [0.15, 0.2) is 0 Å². The Kier molecular flexibility index (Phi) is 8.33. The van der Waals surface area contributed by atoms with Gasteiger partial charge in [-0.2, -0.15) is 4.31 Å². The lowest BCUT2D eigenvalue weighted by molar-refractivity contribution is -0.105. The summed E-state index contributed by atoms with van der Waals surface area (Å²) >= 11 is 12.1. The highest BCUT2D eigenvalue weighted by atomic mass is 35.5. The van der Waals surface area contributed by atoms with Crippen molar-refractivity contribution in [2.45, 2.75) is 44.4 Å². The zero-order chi connectivity index (χ0) is 17.5. The average molecular weight is 381 g/mol. The molecule has 0 radical (unpaired) electrons. The number of nitrogens with one attached hydrogen (secondary N) is 1. The van der Waals surface area contributed by atoms with E-state index in [9.17, 15) is 13.2 Å². The van der Waals surface area contributed by atoms with Crippen molar-refractivity contribution in [1.29, 1.82) is 0 Å². The molecule has 0 bridgehead atoms. The lowest BCUT2D eigenvalue weighted by Gasteiger charge is -2.23. The van der Waals surface area contributed by atoms with Crippen LogP contribution in [0.2, 0.25) is 10.0 Å². The van der Waals surface area contributed by atoms with Gasteiger partial charge in [0.05, 0.1) is 15.7 Å². The van der Waals surface area contributed by atoms with E-state index in [0.717, 1.165) is 25.7 Å². The van der Waals surface area contributed by atoms with Gasteiger partial charge in [-0.3, -0.25) is 4.79 Å². The highest BCUT2D eigenvalue weighted by Crippen LogP contribution is 2.33. The molecule has 0 aromatic heterocycles. The van der Waals surface area contributed by atoms with Crippen molar-refractivity contribution < 1.29 is 13.2 Å². The summed E-state index contributed by atoms with van der Waals surface area (Å²) in [5.74, 6) is 0. The maximum Gasteiger partial charge on any atom is 0.244 e. The number of rotatable bonds is 10. The Morgan fingerprint density at radius 3 is 2.13 bits per heavy atom. The fraction of sp³-hybridized carbons (Fsp3) is 0.533. The van der Waals surface area contributed by atoms with Gasteiger partial charge in [-0.25, -0.2) is 8.42 Å². The standard InChI is InChI=1S/C15H22Cl2N2O3S/c1-3-5-7-19(8-6-4-2)23(21,22)15-10-12(16)14(18-11-20)9-13(15)17/h9-11H,3-8H2,1-2H3,(H,18,20). The summed E-state index contributed by atoms with van der Waals surface area (Å²) in [5.41, 5.74) is 0.277. The number of carbonyl (C=O) groups is 1. The minimum absolute atomic E-state index is 0.0344. The summed E-state index contributed by atoms with van der Waals surface area (Å²) in [7, 11) is -3.73. The molecule has 0 heterocycles. The Bertz CT molecular complexity index is 628. The first-order valence-electron chi connectivity index (χ1n) is 7.57. The van der Waals surface area contributed by atoms with Crippen molar-refractivity contribution >= 4 is 45.3 Å². The third-order valence-corrected chi connectivity index (χ3v) is 6.05. The lowest BCUT2D eigenvalue weighted by atomic mass is 10.3. The minimum Gasteiger partial charge on any atom is -0.327 e. The highest BCUT2D eigenvalue weighted by Gasteiger charge is 2.27. The second kappa shape index (κ2) is 9.47. The summed E-state index contributed by atoms with van der Waals surface area (Å²) in [6.07, 6.45) is 3.81. The maximum atomic E-state index is 12.9. The molecule has 0 saturated carbocycles. The summed E-state index contributed by atoms with van der Waals surface area (Å²) in [6.45, 7) is 4.91. The molecule has 1 N–H and O–H groups in total. The van der Waals surface area contributed by atoms with E-state index in [0.29, 0.717) is 19.5 Å². The normalized spacial score (nSPS) is 11.7. The van der Waals surface area contributed by atoms with Gasteiger partial charge < -0.3 is 5.32 Å². The number of amides is 1.